The van der Waals surface area contributed by atoms with E-state index >= 15 is 0 Å². The molecule has 0 amide bonds. The van der Waals surface area contributed by atoms with E-state index in [2.05, 4.69) is 15.4 Å². The minimum Gasteiger partial charge on any atom is -0.476 e. The average Bonchev–Trinajstić information content (AvgIpc) is 2.98. The first-order chi connectivity index (χ1) is 9.15. The highest BCUT2D eigenvalue weighted by molar-refractivity contribution is 5.86. The van der Waals surface area contributed by atoms with E-state index in [0.717, 1.165) is 12.1 Å². The van der Waals surface area contributed by atoms with Gasteiger partial charge in [0.15, 0.2) is 5.69 Å². The Kier molecular flexibility index (Phi) is 3.91. The summed E-state index contributed by atoms with van der Waals surface area (Å²) in [6, 6.07) is 0. The maximum atomic E-state index is 11.0. The molecule has 0 aliphatic carbocycles. The van der Waals surface area contributed by atoms with Gasteiger partial charge in [0.25, 0.3) is 0 Å². The van der Waals surface area contributed by atoms with Crippen LogP contribution in [0.5, 0.6) is 0 Å². The molecule has 0 aliphatic rings. The summed E-state index contributed by atoms with van der Waals surface area (Å²) in [6.07, 6.45) is 4.06. The zero-order chi connectivity index (χ0) is 13.8. The van der Waals surface area contributed by atoms with E-state index in [0.29, 0.717) is 25.2 Å². The van der Waals surface area contributed by atoms with Crippen LogP contribution in [0.25, 0.3) is 0 Å². The van der Waals surface area contributed by atoms with Crippen molar-refractivity contribution in [1.82, 2.24) is 24.8 Å². The van der Waals surface area contributed by atoms with Crippen LogP contribution in [0.1, 0.15) is 28.7 Å². The van der Waals surface area contributed by atoms with Crippen molar-refractivity contribution in [3.63, 3.8) is 0 Å². The molecule has 8 nitrogen and oxygen atoms in total. The highest BCUT2D eigenvalue weighted by atomic mass is 16.4. The van der Waals surface area contributed by atoms with E-state index in [-0.39, 0.29) is 5.69 Å². The first kappa shape index (κ1) is 13.2. The molecule has 0 radical (unpaired) electrons. The van der Waals surface area contributed by atoms with Gasteiger partial charge in [-0.15, -0.1) is 5.10 Å². The number of aryl methyl sites for hydroxylation is 1. The largest absolute Gasteiger partial charge is 0.476 e. The number of nitrogens with two attached hydrogens (primary N) is 1. The lowest BCUT2D eigenvalue weighted by Gasteiger charge is -2.04. The van der Waals surface area contributed by atoms with Gasteiger partial charge in [-0.1, -0.05) is 5.21 Å². The summed E-state index contributed by atoms with van der Waals surface area (Å²) in [6.45, 7) is 3.57. The van der Waals surface area contributed by atoms with E-state index in [4.69, 9.17) is 10.8 Å². The van der Waals surface area contributed by atoms with Gasteiger partial charge in [0, 0.05) is 24.7 Å². The van der Waals surface area contributed by atoms with Crippen LogP contribution in [0.4, 0.5) is 0 Å². The third-order valence-corrected chi connectivity index (χ3v) is 2.76. The predicted octanol–water partition coefficient (Wildman–Crippen LogP) is -0.258. The number of carbonyl (C=O) groups is 1. The third kappa shape index (κ3) is 2.79. The summed E-state index contributed by atoms with van der Waals surface area (Å²) in [4.78, 5) is 11.0. The fraction of sp³-hybridized carbons (Fsp3) is 0.455. The summed E-state index contributed by atoms with van der Waals surface area (Å²) in [5, 5.41) is 20.8. The van der Waals surface area contributed by atoms with Crippen LogP contribution < -0.4 is 5.73 Å². The minimum atomic E-state index is -1.08. The molecule has 2 aromatic heterocycles. The monoisotopic (exact) mass is 264 g/mol. The number of aromatic carboxylic acids is 1. The van der Waals surface area contributed by atoms with Gasteiger partial charge in [0.05, 0.1) is 18.4 Å². The lowest BCUT2D eigenvalue weighted by Crippen LogP contribution is -2.14. The Morgan fingerprint density at radius 3 is 2.89 bits per heavy atom. The quantitative estimate of drug-likeness (QED) is 0.743. The Morgan fingerprint density at radius 2 is 2.32 bits per heavy atom. The van der Waals surface area contributed by atoms with Crippen molar-refractivity contribution in [3.05, 3.63) is 29.3 Å². The van der Waals surface area contributed by atoms with Gasteiger partial charge in [-0.3, -0.25) is 4.68 Å². The molecule has 0 aromatic carbocycles. The lowest BCUT2D eigenvalue weighted by atomic mass is 10.2. The summed E-state index contributed by atoms with van der Waals surface area (Å²) >= 11 is 0. The Morgan fingerprint density at radius 1 is 1.53 bits per heavy atom. The molecular formula is C11H16N6O2. The molecule has 8 heteroatoms. The highest BCUT2D eigenvalue weighted by Gasteiger charge is 2.18. The molecular weight excluding hydrogens is 248 g/mol. The second kappa shape index (κ2) is 5.61. The highest BCUT2D eigenvalue weighted by Crippen LogP contribution is 2.09. The van der Waals surface area contributed by atoms with Crippen LogP contribution >= 0.6 is 0 Å². The number of carboxylic acid groups (broad SMARTS) is 1. The number of hydrogen-bond acceptors (Lipinski definition) is 5. The molecule has 0 saturated heterocycles. The van der Waals surface area contributed by atoms with E-state index in [1.807, 2.05) is 13.1 Å². The molecule has 0 unspecified atom stereocenters. The number of aromatic nitrogens is 5. The Balaban J connectivity index is 2.26. The van der Waals surface area contributed by atoms with E-state index in [9.17, 15) is 4.79 Å². The minimum absolute atomic E-state index is 0.0340. The molecule has 0 aliphatic heterocycles. The zero-order valence-corrected chi connectivity index (χ0v) is 10.7. The maximum absolute atomic E-state index is 11.0. The van der Waals surface area contributed by atoms with E-state index in [1.165, 1.54) is 0 Å². The van der Waals surface area contributed by atoms with Gasteiger partial charge in [-0.05, 0) is 13.5 Å². The number of hydrogen-bond donors (Lipinski definition) is 2. The smallest absolute Gasteiger partial charge is 0.358 e. The van der Waals surface area contributed by atoms with Gasteiger partial charge in [0.2, 0.25) is 0 Å². The van der Waals surface area contributed by atoms with Crippen LogP contribution in [0, 0.1) is 0 Å². The molecule has 102 valence electrons. The standard InChI is InChI=1S/C11H16N6O2/c1-2-16-6-8(5-13-16)7-17-9(3-4-12)10(11(18)19)14-15-17/h5-6H,2-4,7,12H2,1H3,(H,18,19). The van der Waals surface area contributed by atoms with Crippen molar-refractivity contribution >= 4 is 5.97 Å². The van der Waals surface area contributed by atoms with Crippen LogP contribution in [0.2, 0.25) is 0 Å². The normalized spacial score (nSPS) is 10.8. The number of nitrogens with zero attached hydrogens (tertiary/aromatic N) is 5. The van der Waals surface area contributed by atoms with Gasteiger partial charge >= 0.3 is 5.97 Å². The molecule has 0 fully saturated rings. The molecule has 2 heterocycles. The molecule has 2 rings (SSSR count). The number of rotatable bonds is 6. The SMILES string of the molecule is CCn1cc(Cn2nnc(C(=O)O)c2CCN)cn1. The van der Waals surface area contributed by atoms with Crippen molar-refractivity contribution in [3.8, 4) is 0 Å². The van der Waals surface area contributed by atoms with Crippen LogP contribution in [-0.4, -0.2) is 42.4 Å². The molecule has 3 N–H and O–H groups in total. The predicted molar refractivity (Wildman–Crippen MR) is 66.7 cm³/mol. The van der Waals surface area contributed by atoms with Gasteiger partial charge in [-0.25, -0.2) is 9.48 Å². The van der Waals surface area contributed by atoms with Gasteiger partial charge in [0.1, 0.15) is 0 Å². The first-order valence-corrected chi connectivity index (χ1v) is 6.02. The fourth-order valence-corrected chi connectivity index (χ4v) is 1.84. The number of carboxylic acids is 1. The summed E-state index contributed by atoms with van der Waals surface area (Å²) in [7, 11) is 0. The van der Waals surface area contributed by atoms with E-state index < -0.39 is 5.97 Å². The molecule has 0 atom stereocenters. The summed E-state index contributed by atoms with van der Waals surface area (Å²) < 4.78 is 3.36. The van der Waals surface area contributed by atoms with Crippen LogP contribution in [-0.2, 0) is 19.5 Å². The van der Waals surface area contributed by atoms with Crippen molar-refractivity contribution < 1.29 is 9.90 Å². The molecule has 0 bridgehead atoms. The topological polar surface area (TPSA) is 112 Å². The lowest BCUT2D eigenvalue weighted by molar-refractivity contribution is 0.0689. The molecule has 0 saturated carbocycles. The molecule has 0 spiro atoms. The van der Waals surface area contributed by atoms with E-state index in [1.54, 1.807) is 15.6 Å². The second-order valence-electron chi connectivity index (χ2n) is 4.09. The van der Waals surface area contributed by atoms with Crippen molar-refractivity contribution in [1.29, 1.82) is 0 Å². The van der Waals surface area contributed by atoms with Crippen molar-refractivity contribution in [2.24, 2.45) is 5.73 Å². The Bertz CT molecular complexity index is 574. The van der Waals surface area contributed by atoms with Crippen molar-refractivity contribution in [2.45, 2.75) is 26.4 Å². The Labute approximate surface area is 109 Å². The fourth-order valence-electron chi connectivity index (χ4n) is 1.84. The summed E-state index contributed by atoms with van der Waals surface area (Å²) in [5.74, 6) is -1.08. The van der Waals surface area contributed by atoms with Crippen molar-refractivity contribution in [2.75, 3.05) is 6.54 Å². The van der Waals surface area contributed by atoms with Crippen LogP contribution in [0.3, 0.4) is 0 Å². The maximum Gasteiger partial charge on any atom is 0.358 e. The zero-order valence-electron chi connectivity index (χ0n) is 10.7. The van der Waals surface area contributed by atoms with Gasteiger partial charge in [-0.2, -0.15) is 5.10 Å². The third-order valence-electron chi connectivity index (χ3n) is 2.76. The first-order valence-electron chi connectivity index (χ1n) is 6.02. The second-order valence-corrected chi connectivity index (χ2v) is 4.09. The van der Waals surface area contributed by atoms with Crippen LogP contribution in [0.15, 0.2) is 12.4 Å². The molecule has 19 heavy (non-hydrogen) atoms. The Hall–Kier alpha value is -2.22. The van der Waals surface area contributed by atoms with Gasteiger partial charge < -0.3 is 10.8 Å². The molecule has 2 aromatic rings. The average molecular weight is 264 g/mol. The summed E-state index contributed by atoms with van der Waals surface area (Å²) in [5.41, 5.74) is 6.95.